The Labute approximate surface area is 143 Å². The van der Waals surface area contributed by atoms with Gasteiger partial charge in [0.2, 0.25) is 0 Å². The van der Waals surface area contributed by atoms with E-state index in [1.54, 1.807) is 14.2 Å². The average molecular weight is 338 g/mol. The molecule has 0 aromatic heterocycles. The number of halogens is 1. The molecule has 2 N–H and O–H groups in total. The molecule has 0 bridgehead atoms. The Morgan fingerprint density at radius 1 is 1.04 bits per heavy atom. The molecule has 0 aliphatic rings. The van der Waals surface area contributed by atoms with Crippen molar-refractivity contribution in [3.63, 3.8) is 0 Å². The van der Waals surface area contributed by atoms with E-state index in [1.807, 2.05) is 55.5 Å². The molecule has 0 fully saturated rings. The maximum atomic E-state index is 10.4. The van der Waals surface area contributed by atoms with E-state index in [0.29, 0.717) is 6.54 Å². The van der Waals surface area contributed by atoms with E-state index in [9.17, 15) is 5.11 Å². The zero-order valence-corrected chi connectivity index (χ0v) is 14.5. The van der Waals surface area contributed by atoms with Crippen LogP contribution in [0.25, 0.3) is 0 Å². The minimum atomic E-state index is -0.551. The van der Waals surface area contributed by atoms with Crippen LogP contribution in [-0.2, 0) is 6.54 Å². The van der Waals surface area contributed by atoms with Crippen molar-refractivity contribution in [2.75, 3.05) is 14.2 Å². The SMILES string of the molecule is COc1ccc(CNC(C)C(O)c2ccccc2)c(OC)c1.Cl. The van der Waals surface area contributed by atoms with E-state index in [0.717, 1.165) is 22.6 Å². The van der Waals surface area contributed by atoms with Crippen LogP contribution in [0.3, 0.4) is 0 Å². The summed E-state index contributed by atoms with van der Waals surface area (Å²) in [6.07, 6.45) is -0.551. The van der Waals surface area contributed by atoms with E-state index < -0.39 is 6.10 Å². The molecule has 0 aliphatic heterocycles. The zero-order chi connectivity index (χ0) is 15.9. The summed E-state index contributed by atoms with van der Waals surface area (Å²) in [5.74, 6) is 1.53. The average Bonchev–Trinajstić information content (AvgIpc) is 2.59. The topological polar surface area (TPSA) is 50.7 Å². The third-order valence-electron chi connectivity index (χ3n) is 3.72. The third kappa shape index (κ3) is 5.13. The predicted octanol–water partition coefficient (Wildman–Crippen LogP) is 3.34. The van der Waals surface area contributed by atoms with Crippen molar-refractivity contribution in [1.82, 2.24) is 5.32 Å². The van der Waals surface area contributed by atoms with Crippen LogP contribution in [0.5, 0.6) is 11.5 Å². The molecule has 2 aromatic rings. The van der Waals surface area contributed by atoms with Crippen molar-refractivity contribution in [2.24, 2.45) is 0 Å². The second-order valence-electron chi connectivity index (χ2n) is 5.20. The molecule has 2 aromatic carbocycles. The van der Waals surface area contributed by atoms with Crippen molar-refractivity contribution >= 4 is 12.4 Å². The fourth-order valence-electron chi connectivity index (χ4n) is 2.32. The Kier molecular flexibility index (Phi) is 7.89. The van der Waals surface area contributed by atoms with Crippen LogP contribution < -0.4 is 14.8 Å². The molecular formula is C18H24ClNO3. The second kappa shape index (κ2) is 9.40. The van der Waals surface area contributed by atoms with Gasteiger partial charge in [0, 0.05) is 24.2 Å². The molecule has 0 saturated heterocycles. The van der Waals surface area contributed by atoms with Gasteiger partial charge in [0.1, 0.15) is 11.5 Å². The summed E-state index contributed by atoms with van der Waals surface area (Å²) in [4.78, 5) is 0. The van der Waals surface area contributed by atoms with Gasteiger partial charge in [-0.05, 0) is 18.6 Å². The van der Waals surface area contributed by atoms with Crippen LogP contribution in [0.1, 0.15) is 24.2 Å². The first-order chi connectivity index (χ1) is 10.7. The molecule has 2 atom stereocenters. The van der Waals surface area contributed by atoms with E-state index >= 15 is 0 Å². The van der Waals surface area contributed by atoms with Gasteiger partial charge in [-0.2, -0.15) is 0 Å². The van der Waals surface area contributed by atoms with Crippen molar-refractivity contribution in [2.45, 2.75) is 25.6 Å². The van der Waals surface area contributed by atoms with Crippen LogP contribution in [0.2, 0.25) is 0 Å². The summed E-state index contributed by atoms with van der Waals surface area (Å²) in [5.41, 5.74) is 1.93. The lowest BCUT2D eigenvalue weighted by molar-refractivity contribution is 0.135. The Morgan fingerprint density at radius 3 is 2.35 bits per heavy atom. The molecular weight excluding hydrogens is 314 g/mol. The zero-order valence-electron chi connectivity index (χ0n) is 13.7. The Balaban J connectivity index is 0.00000264. The van der Waals surface area contributed by atoms with Gasteiger partial charge in [-0.1, -0.05) is 36.4 Å². The second-order valence-corrected chi connectivity index (χ2v) is 5.20. The Bertz CT molecular complexity index is 592. The molecule has 2 rings (SSSR count). The standard InChI is InChI=1S/C18H23NO3.ClH/c1-13(18(20)14-7-5-4-6-8-14)19-12-15-9-10-16(21-2)11-17(15)22-3;/h4-11,13,18-20H,12H2,1-3H3;1H. The molecule has 4 nitrogen and oxygen atoms in total. The lowest BCUT2D eigenvalue weighted by atomic mass is 10.0. The van der Waals surface area contributed by atoms with E-state index in [-0.39, 0.29) is 18.4 Å². The number of aliphatic hydroxyl groups is 1. The summed E-state index contributed by atoms with van der Waals surface area (Å²) >= 11 is 0. The van der Waals surface area contributed by atoms with Gasteiger partial charge in [0.15, 0.2) is 0 Å². The van der Waals surface area contributed by atoms with Crippen molar-refractivity contribution in [3.05, 3.63) is 59.7 Å². The fraction of sp³-hybridized carbons (Fsp3) is 0.333. The Hall–Kier alpha value is -1.75. The molecule has 23 heavy (non-hydrogen) atoms. The number of rotatable bonds is 7. The highest BCUT2D eigenvalue weighted by atomic mass is 35.5. The van der Waals surface area contributed by atoms with E-state index in [2.05, 4.69) is 5.32 Å². The van der Waals surface area contributed by atoms with Gasteiger partial charge < -0.3 is 19.9 Å². The maximum Gasteiger partial charge on any atom is 0.127 e. The first-order valence-corrected chi connectivity index (χ1v) is 7.33. The van der Waals surface area contributed by atoms with Crippen LogP contribution >= 0.6 is 12.4 Å². The number of nitrogens with one attached hydrogen (secondary N) is 1. The van der Waals surface area contributed by atoms with E-state index in [1.165, 1.54) is 0 Å². The highest BCUT2D eigenvalue weighted by Crippen LogP contribution is 2.25. The summed E-state index contributed by atoms with van der Waals surface area (Å²) in [6, 6.07) is 15.3. The van der Waals surface area contributed by atoms with Crippen LogP contribution in [-0.4, -0.2) is 25.4 Å². The molecule has 0 spiro atoms. The minimum absolute atomic E-state index is 0. The molecule has 126 valence electrons. The lowest BCUT2D eigenvalue weighted by Crippen LogP contribution is -2.31. The lowest BCUT2D eigenvalue weighted by Gasteiger charge is -2.21. The van der Waals surface area contributed by atoms with Crippen molar-refractivity contribution < 1.29 is 14.6 Å². The van der Waals surface area contributed by atoms with Gasteiger partial charge in [-0.3, -0.25) is 0 Å². The van der Waals surface area contributed by atoms with E-state index in [4.69, 9.17) is 9.47 Å². The van der Waals surface area contributed by atoms with Gasteiger partial charge in [-0.25, -0.2) is 0 Å². The Morgan fingerprint density at radius 2 is 1.74 bits per heavy atom. The molecule has 0 saturated carbocycles. The first kappa shape index (κ1) is 19.3. The highest BCUT2D eigenvalue weighted by Gasteiger charge is 2.16. The van der Waals surface area contributed by atoms with Crippen molar-refractivity contribution in [1.29, 1.82) is 0 Å². The number of benzene rings is 2. The number of aliphatic hydroxyl groups excluding tert-OH is 1. The summed E-state index contributed by atoms with van der Waals surface area (Å²) in [7, 11) is 3.27. The quantitative estimate of drug-likeness (QED) is 0.813. The van der Waals surface area contributed by atoms with Gasteiger partial charge in [0.05, 0.1) is 20.3 Å². The minimum Gasteiger partial charge on any atom is -0.497 e. The molecule has 0 aliphatic carbocycles. The first-order valence-electron chi connectivity index (χ1n) is 7.33. The molecule has 0 radical (unpaired) electrons. The van der Waals surface area contributed by atoms with Gasteiger partial charge >= 0.3 is 0 Å². The summed E-state index contributed by atoms with van der Waals surface area (Å²) in [6.45, 7) is 2.58. The smallest absolute Gasteiger partial charge is 0.127 e. The van der Waals surface area contributed by atoms with Gasteiger partial charge in [-0.15, -0.1) is 12.4 Å². The molecule has 0 amide bonds. The summed E-state index contributed by atoms with van der Waals surface area (Å²) in [5, 5.41) is 13.7. The summed E-state index contributed by atoms with van der Waals surface area (Å²) < 4.78 is 10.6. The maximum absolute atomic E-state index is 10.4. The van der Waals surface area contributed by atoms with Crippen molar-refractivity contribution in [3.8, 4) is 11.5 Å². The number of hydrogen-bond acceptors (Lipinski definition) is 4. The van der Waals surface area contributed by atoms with Crippen LogP contribution in [0.15, 0.2) is 48.5 Å². The third-order valence-corrected chi connectivity index (χ3v) is 3.72. The highest BCUT2D eigenvalue weighted by molar-refractivity contribution is 5.85. The number of ether oxygens (including phenoxy) is 2. The molecule has 2 unspecified atom stereocenters. The molecule has 5 heteroatoms. The number of methoxy groups -OCH3 is 2. The largest absolute Gasteiger partial charge is 0.497 e. The van der Waals surface area contributed by atoms with Gasteiger partial charge in [0.25, 0.3) is 0 Å². The molecule has 0 heterocycles. The predicted molar refractivity (Wildman–Crippen MR) is 94.5 cm³/mol. The van der Waals surface area contributed by atoms with Crippen LogP contribution in [0, 0.1) is 0 Å². The normalized spacial score (nSPS) is 12.9. The number of hydrogen-bond donors (Lipinski definition) is 2. The monoisotopic (exact) mass is 337 g/mol. The van der Waals surface area contributed by atoms with Crippen LogP contribution in [0.4, 0.5) is 0 Å². The fourth-order valence-corrected chi connectivity index (χ4v) is 2.32.